The molecule has 1 heteroatoms. The van der Waals surface area contributed by atoms with E-state index in [1.54, 1.807) is 0 Å². The second kappa shape index (κ2) is 3.61. The lowest BCUT2D eigenvalue weighted by Gasteiger charge is -2.41. The van der Waals surface area contributed by atoms with Gasteiger partial charge in [-0.05, 0) is 43.9 Å². The van der Waals surface area contributed by atoms with Crippen LogP contribution in [0.15, 0.2) is 0 Å². The van der Waals surface area contributed by atoms with Crippen LogP contribution in [-0.2, 0) is 4.74 Å². The summed E-state index contributed by atoms with van der Waals surface area (Å²) in [5, 5.41) is 0. The Hall–Kier alpha value is -0.0400. The van der Waals surface area contributed by atoms with Crippen molar-refractivity contribution in [2.24, 2.45) is 11.3 Å². The van der Waals surface area contributed by atoms with Crippen molar-refractivity contribution in [1.29, 1.82) is 0 Å². The molecule has 0 radical (unpaired) electrons. The summed E-state index contributed by atoms with van der Waals surface area (Å²) in [5.41, 5.74) is 0.650. The zero-order chi connectivity index (χ0) is 10.1. The van der Waals surface area contributed by atoms with E-state index < -0.39 is 0 Å². The summed E-state index contributed by atoms with van der Waals surface area (Å²) in [5.74, 6) is 0.885. The average Bonchev–Trinajstić information content (AvgIpc) is 2.04. The van der Waals surface area contributed by atoms with Crippen molar-refractivity contribution in [2.45, 2.75) is 59.0 Å². The molecule has 0 heterocycles. The van der Waals surface area contributed by atoms with Gasteiger partial charge in [-0.15, -0.1) is 0 Å². The zero-order valence-corrected chi connectivity index (χ0v) is 9.81. The molecule has 0 aliphatic heterocycles. The molecule has 0 atom stereocenters. The molecular weight excluding hydrogens is 160 g/mol. The molecule has 0 aromatic carbocycles. The van der Waals surface area contributed by atoms with Crippen molar-refractivity contribution in [2.75, 3.05) is 7.11 Å². The molecule has 1 rings (SSSR count). The Kier molecular flexibility index (Phi) is 3.06. The van der Waals surface area contributed by atoms with Crippen molar-refractivity contribution in [3.63, 3.8) is 0 Å². The third-order valence-corrected chi connectivity index (χ3v) is 3.76. The first-order valence-electron chi connectivity index (χ1n) is 5.42. The van der Waals surface area contributed by atoms with Crippen LogP contribution in [0.1, 0.15) is 53.4 Å². The SMILES string of the molecule is COC1(C)CCC(C(C)(C)C)CC1. The van der Waals surface area contributed by atoms with Crippen LogP contribution in [0.3, 0.4) is 0 Å². The highest BCUT2D eigenvalue weighted by atomic mass is 16.5. The fourth-order valence-electron chi connectivity index (χ4n) is 2.30. The largest absolute Gasteiger partial charge is 0.379 e. The van der Waals surface area contributed by atoms with Crippen LogP contribution in [0, 0.1) is 11.3 Å². The minimum atomic E-state index is 0.168. The van der Waals surface area contributed by atoms with E-state index in [0.29, 0.717) is 5.41 Å². The highest BCUT2D eigenvalue weighted by Gasteiger charge is 2.35. The number of rotatable bonds is 1. The van der Waals surface area contributed by atoms with E-state index >= 15 is 0 Å². The molecule has 1 fully saturated rings. The minimum Gasteiger partial charge on any atom is -0.379 e. The Morgan fingerprint density at radius 2 is 1.62 bits per heavy atom. The van der Waals surface area contributed by atoms with Gasteiger partial charge in [0.15, 0.2) is 0 Å². The molecule has 1 nitrogen and oxygen atoms in total. The predicted molar refractivity (Wildman–Crippen MR) is 56.8 cm³/mol. The molecule has 0 aromatic heterocycles. The van der Waals surface area contributed by atoms with E-state index in [1.165, 1.54) is 25.7 Å². The Morgan fingerprint density at radius 3 is 1.92 bits per heavy atom. The first kappa shape index (κ1) is 11.0. The molecule has 0 bridgehead atoms. The Balaban J connectivity index is 2.48. The highest BCUT2D eigenvalue weighted by Crippen LogP contribution is 2.42. The Morgan fingerprint density at radius 1 is 1.15 bits per heavy atom. The second-order valence-corrected chi connectivity index (χ2v) is 5.79. The van der Waals surface area contributed by atoms with Crippen LogP contribution in [0.2, 0.25) is 0 Å². The van der Waals surface area contributed by atoms with Crippen molar-refractivity contribution < 1.29 is 4.74 Å². The van der Waals surface area contributed by atoms with Crippen LogP contribution < -0.4 is 0 Å². The smallest absolute Gasteiger partial charge is 0.0651 e. The zero-order valence-electron chi connectivity index (χ0n) is 9.81. The second-order valence-electron chi connectivity index (χ2n) is 5.79. The monoisotopic (exact) mass is 184 g/mol. The van der Waals surface area contributed by atoms with Gasteiger partial charge in [-0.25, -0.2) is 0 Å². The van der Waals surface area contributed by atoms with Crippen LogP contribution >= 0.6 is 0 Å². The molecule has 13 heavy (non-hydrogen) atoms. The lowest BCUT2D eigenvalue weighted by atomic mass is 9.69. The van der Waals surface area contributed by atoms with Gasteiger partial charge in [0.2, 0.25) is 0 Å². The van der Waals surface area contributed by atoms with Crippen molar-refractivity contribution in [1.82, 2.24) is 0 Å². The molecule has 1 aliphatic carbocycles. The van der Waals surface area contributed by atoms with E-state index in [0.717, 1.165) is 5.92 Å². The topological polar surface area (TPSA) is 9.23 Å². The molecule has 78 valence electrons. The summed E-state index contributed by atoms with van der Waals surface area (Å²) in [4.78, 5) is 0. The van der Waals surface area contributed by atoms with Gasteiger partial charge in [-0.3, -0.25) is 0 Å². The van der Waals surface area contributed by atoms with Gasteiger partial charge in [0.25, 0.3) is 0 Å². The summed E-state index contributed by atoms with van der Waals surface area (Å²) >= 11 is 0. The van der Waals surface area contributed by atoms with Gasteiger partial charge in [0, 0.05) is 7.11 Å². The number of hydrogen-bond donors (Lipinski definition) is 0. The summed E-state index contributed by atoms with van der Waals surface area (Å²) in [7, 11) is 1.84. The van der Waals surface area contributed by atoms with Gasteiger partial charge in [0.05, 0.1) is 5.60 Å². The van der Waals surface area contributed by atoms with Crippen molar-refractivity contribution in [3.8, 4) is 0 Å². The standard InChI is InChI=1S/C12H24O/c1-11(2,3)10-6-8-12(4,13-5)9-7-10/h10H,6-9H2,1-5H3. The maximum atomic E-state index is 5.54. The lowest BCUT2D eigenvalue weighted by Crippen LogP contribution is -2.36. The third-order valence-electron chi connectivity index (χ3n) is 3.76. The number of ether oxygens (including phenoxy) is 1. The molecule has 1 saturated carbocycles. The first-order chi connectivity index (χ1) is 5.87. The fourth-order valence-corrected chi connectivity index (χ4v) is 2.30. The summed E-state index contributed by atoms with van der Waals surface area (Å²) in [6.45, 7) is 9.30. The predicted octanol–water partition coefficient (Wildman–Crippen LogP) is 3.63. The number of hydrogen-bond acceptors (Lipinski definition) is 1. The van der Waals surface area contributed by atoms with Gasteiger partial charge >= 0.3 is 0 Å². The molecule has 0 amide bonds. The van der Waals surface area contributed by atoms with Crippen LogP contribution in [0.4, 0.5) is 0 Å². The van der Waals surface area contributed by atoms with Crippen molar-refractivity contribution >= 4 is 0 Å². The minimum absolute atomic E-state index is 0.168. The van der Waals surface area contributed by atoms with E-state index in [-0.39, 0.29) is 5.60 Å². The first-order valence-corrected chi connectivity index (χ1v) is 5.42. The molecule has 0 spiro atoms. The molecular formula is C12H24O. The van der Waals surface area contributed by atoms with Gasteiger partial charge in [0.1, 0.15) is 0 Å². The molecule has 1 aliphatic rings. The fraction of sp³-hybridized carbons (Fsp3) is 1.00. The van der Waals surface area contributed by atoms with Gasteiger partial charge in [-0.1, -0.05) is 20.8 Å². The number of methoxy groups -OCH3 is 1. The Labute approximate surface area is 82.9 Å². The molecule has 0 unspecified atom stereocenters. The highest BCUT2D eigenvalue weighted by molar-refractivity contribution is 4.87. The Bertz CT molecular complexity index is 158. The summed E-state index contributed by atoms with van der Waals surface area (Å²) in [6.07, 6.45) is 5.11. The van der Waals surface area contributed by atoms with E-state index in [2.05, 4.69) is 27.7 Å². The molecule has 0 saturated heterocycles. The van der Waals surface area contributed by atoms with E-state index in [4.69, 9.17) is 4.74 Å². The van der Waals surface area contributed by atoms with E-state index in [1.807, 2.05) is 7.11 Å². The van der Waals surface area contributed by atoms with Gasteiger partial charge in [-0.2, -0.15) is 0 Å². The normalized spacial score (nSPS) is 36.2. The summed E-state index contributed by atoms with van der Waals surface area (Å²) < 4.78 is 5.54. The third kappa shape index (κ3) is 2.70. The summed E-state index contributed by atoms with van der Waals surface area (Å²) in [6, 6.07) is 0. The van der Waals surface area contributed by atoms with Gasteiger partial charge < -0.3 is 4.74 Å². The van der Waals surface area contributed by atoms with Crippen LogP contribution in [-0.4, -0.2) is 12.7 Å². The maximum absolute atomic E-state index is 5.54. The molecule has 0 aromatic rings. The van der Waals surface area contributed by atoms with Crippen molar-refractivity contribution in [3.05, 3.63) is 0 Å². The maximum Gasteiger partial charge on any atom is 0.0651 e. The van der Waals surface area contributed by atoms with Crippen LogP contribution in [0.5, 0.6) is 0 Å². The average molecular weight is 184 g/mol. The quantitative estimate of drug-likeness (QED) is 0.604. The lowest BCUT2D eigenvalue weighted by molar-refractivity contribution is -0.0456. The van der Waals surface area contributed by atoms with E-state index in [9.17, 15) is 0 Å². The molecule has 0 N–H and O–H groups in total. The van der Waals surface area contributed by atoms with Crippen LogP contribution in [0.25, 0.3) is 0 Å².